The molecule has 1 aliphatic rings. The molecule has 3 rings (SSSR count). The fraction of sp³-hybridized carbons (Fsp3) is 0.333. The van der Waals surface area contributed by atoms with Gasteiger partial charge in [-0.3, -0.25) is 14.5 Å². The van der Waals surface area contributed by atoms with Gasteiger partial charge in [0.05, 0.1) is 12.0 Å². The molecule has 0 saturated carbocycles. The van der Waals surface area contributed by atoms with Crippen molar-refractivity contribution >= 4 is 11.8 Å². The maximum Gasteiger partial charge on any atom is 0.240 e. The van der Waals surface area contributed by atoms with E-state index in [-0.39, 0.29) is 24.2 Å². The molecule has 2 amide bonds. The van der Waals surface area contributed by atoms with E-state index < -0.39 is 5.41 Å². The van der Waals surface area contributed by atoms with E-state index in [9.17, 15) is 9.59 Å². The highest BCUT2D eigenvalue weighted by Gasteiger charge is 2.54. The number of rotatable bonds is 4. The van der Waals surface area contributed by atoms with Crippen LogP contribution in [0, 0.1) is 12.8 Å². The van der Waals surface area contributed by atoms with E-state index in [4.69, 9.17) is 0 Å². The first-order valence-electron chi connectivity index (χ1n) is 8.41. The van der Waals surface area contributed by atoms with Crippen LogP contribution in [0.5, 0.6) is 0 Å². The third-order valence-corrected chi connectivity index (χ3v) is 5.09. The number of aryl methyl sites for hydroxylation is 1. The van der Waals surface area contributed by atoms with Crippen LogP contribution in [0.4, 0.5) is 0 Å². The third-order valence-electron chi connectivity index (χ3n) is 5.09. The van der Waals surface area contributed by atoms with Gasteiger partial charge in [-0.15, -0.1) is 0 Å². The van der Waals surface area contributed by atoms with Crippen molar-refractivity contribution in [1.82, 2.24) is 4.90 Å². The first-order valence-corrected chi connectivity index (χ1v) is 8.41. The monoisotopic (exact) mass is 321 g/mol. The summed E-state index contributed by atoms with van der Waals surface area (Å²) in [5.41, 5.74) is 2.31. The van der Waals surface area contributed by atoms with E-state index >= 15 is 0 Å². The second-order valence-electron chi connectivity index (χ2n) is 6.94. The molecule has 1 saturated heterocycles. The van der Waals surface area contributed by atoms with Crippen molar-refractivity contribution in [3.05, 3.63) is 71.3 Å². The topological polar surface area (TPSA) is 37.4 Å². The summed E-state index contributed by atoms with van der Waals surface area (Å²) < 4.78 is 0. The van der Waals surface area contributed by atoms with Crippen LogP contribution >= 0.6 is 0 Å². The van der Waals surface area contributed by atoms with Gasteiger partial charge in [-0.25, -0.2) is 0 Å². The number of nitrogens with zero attached hydrogens (tertiary/aromatic N) is 1. The molecule has 2 aromatic rings. The van der Waals surface area contributed by atoms with Crippen LogP contribution in [0.1, 0.15) is 37.0 Å². The number of benzene rings is 2. The molecule has 0 N–H and O–H groups in total. The molecule has 1 atom stereocenters. The van der Waals surface area contributed by atoms with Gasteiger partial charge in [-0.05, 0) is 24.0 Å². The van der Waals surface area contributed by atoms with E-state index in [0.717, 1.165) is 16.7 Å². The van der Waals surface area contributed by atoms with Gasteiger partial charge in [0.25, 0.3) is 0 Å². The molecule has 3 nitrogen and oxygen atoms in total. The van der Waals surface area contributed by atoms with Crippen LogP contribution < -0.4 is 0 Å². The number of hydrogen-bond donors (Lipinski definition) is 0. The highest BCUT2D eigenvalue weighted by molar-refractivity contribution is 6.09. The van der Waals surface area contributed by atoms with Crippen molar-refractivity contribution in [3.63, 3.8) is 0 Å². The summed E-state index contributed by atoms with van der Waals surface area (Å²) in [5, 5.41) is 0. The van der Waals surface area contributed by atoms with Gasteiger partial charge in [0.15, 0.2) is 0 Å². The van der Waals surface area contributed by atoms with Crippen LogP contribution in [0.3, 0.4) is 0 Å². The number of amides is 2. The highest BCUT2D eigenvalue weighted by atomic mass is 16.2. The first-order chi connectivity index (χ1) is 11.4. The maximum absolute atomic E-state index is 13.3. The van der Waals surface area contributed by atoms with Gasteiger partial charge >= 0.3 is 0 Å². The van der Waals surface area contributed by atoms with Crippen LogP contribution in [0.2, 0.25) is 0 Å². The zero-order valence-corrected chi connectivity index (χ0v) is 14.5. The van der Waals surface area contributed by atoms with E-state index in [0.29, 0.717) is 6.54 Å². The van der Waals surface area contributed by atoms with Crippen LogP contribution in [0.15, 0.2) is 54.6 Å². The molecule has 124 valence electrons. The second-order valence-corrected chi connectivity index (χ2v) is 6.94. The Balaban J connectivity index is 1.98. The average molecular weight is 321 g/mol. The molecule has 2 aromatic carbocycles. The molecule has 0 aromatic heterocycles. The van der Waals surface area contributed by atoms with Crippen LogP contribution in [0.25, 0.3) is 0 Å². The molecule has 1 heterocycles. The minimum atomic E-state index is -0.750. The number of likely N-dealkylation sites (tertiary alicyclic amines) is 1. The van der Waals surface area contributed by atoms with Gasteiger partial charge in [-0.2, -0.15) is 0 Å². The standard InChI is InChI=1S/C21H23NO2/c1-15(2)21(18-11-9-16(3)10-12-18)13-19(23)22(20(21)24)14-17-7-5-4-6-8-17/h4-12,15H,13-14H2,1-3H3/t21-/m0/s1. The summed E-state index contributed by atoms with van der Waals surface area (Å²) in [6.07, 6.45) is 0.249. The Morgan fingerprint density at radius 2 is 1.62 bits per heavy atom. The van der Waals surface area contributed by atoms with Gasteiger partial charge < -0.3 is 0 Å². The predicted molar refractivity (Wildman–Crippen MR) is 94.3 cm³/mol. The quantitative estimate of drug-likeness (QED) is 0.802. The van der Waals surface area contributed by atoms with Gasteiger partial charge in [0.1, 0.15) is 0 Å². The first kappa shape index (κ1) is 16.4. The summed E-state index contributed by atoms with van der Waals surface area (Å²) in [7, 11) is 0. The Morgan fingerprint density at radius 3 is 2.21 bits per heavy atom. The Kier molecular flexibility index (Phi) is 4.27. The predicted octanol–water partition coefficient (Wildman–Crippen LogP) is 3.85. The fourth-order valence-corrected chi connectivity index (χ4v) is 3.55. The Bertz CT molecular complexity index is 749. The van der Waals surface area contributed by atoms with Crippen LogP contribution in [-0.2, 0) is 21.5 Å². The number of imide groups is 1. The second kappa shape index (κ2) is 6.23. The third kappa shape index (κ3) is 2.64. The van der Waals surface area contributed by atoms with E-state index in [1.165, 1.54) is 4.90 Å². The molecule has 0 spiro atoms. The molecular formula is C21H23NO2. The Morgan fingerprint density at radius 1 is 1.00 bits per heavy atom. The molecule has 1 fully saturated rings. The van der Waals surface area contributed by atoms with Gasteiger partial charge in [0, 0.05) is 6.42 Å². The van der Waals surface area contributed by atoms with E-state index in [1.807, 2.05) is 75.4 Å². The summed E-state index contributed by atoms with van der Waals surface area (Å²) in [6, 6.07) is 17.7. The lowest BCUT2D eigenvalue weighted by Crippen LogP contribution is -2.42. The van der Waals surface area contributed by atoms with Crippen molar-refractivity contribution in [3.8, 4) is 0 Å². The fourth-order valence-electron chi connectivity index (χ4n) is 3.55. The maximum atomic E-state index is 13.3. The Labute approximate surface area is 143 Å². The summed E-state index contributed by atoms with van der Waals surface area (Å²) in [4.78, 5) is 27.4. The summed E-state index contributed by atoms with van der Waals surface area (Å²) >= 11 is 0. The lowest BCUT2D eigenvalue weighted by Gasteiger charge is -2.31. The van der Waals surface area contributed by atoms with Crippen molar-refractivity contribution < 1.29 is 9.59 Å². The molecule has 0 radical (unpaired) electrons. The summed E-state index contributed by atoms with van der Waals surface area (Å²) in [5.74, 6) is -0.106. The van der Waals surface area contributed by atoms with Crippen LogP contribution in [-0.4, -0.2) is 16.7 Å². The lowest BCUT2D eigenvalue weighted by molar-refractivity contribution is -0.141. The van der Waals surface area contributed by atoms with Gasteiger partial charge in [0.2, 0.25) is 11.8 Å². The molecule has 24 heavy (non-hydrogen) atoms. The number of carbonyl (C=O) groups is 2. The molecule has 1 aliphatic heterocycles. The molecule has 0 aliphatic carbocycles. The minimum Gasteiger partial charge on any atom is -0.277 e. The lowest BCUT2D eigenvalue weighted by atomic mass is 9.70. The van der Waals surface area contributed by atoms with Gasteiger partial charge in [-0.1, -0.05) is 74.0 Å². The zero-order chi connectivity index (χ0) is 17.3. The van der Waals surface area contributed by atoms with Crippen molar-refractivity contribution in [2.45, 2.75) is 39.2 Å². The SMILES string of the molecule is Cc1ccc([C@@]2(C(C)C)CC(=O)N(Cc3ccccc3)C2=O)cc1. The van der Waals surface area contributed by atoms with Crippen molar-refractivity contribution in [2.75, 3.05) is 0 Å². The molecule has 0 bridgehead atoms. The van der Waals surface area contributed by atoms with Crippen molar-refractivity contribution in [1.29, 1.82) is 0 Å². The van der Waals surface area contributed by atoms with Crippen molar-refractivity contribution in [2.24, 2.45) is 5.92 Å². The number of hydrogen-bond acceptors (Lipinski definition) is 2. The molecule has 0 unspecified atom stereocenters. The minimum absolute atomic E-state index is 0.0532. The number of carbonyl (C=O) groups excluding carboxylic acids is 2. The van der Waals surface area contributed by atoms with E-state index in [2.05, 4.69) is 0 Å². The average Bonchev–Trinajstić information content (AvgIpc) is 2.82. The molecular weight excluding hydrogens is 298 g/mol. The van der Waals surface area contributed by atoms with E-state index in [1.54, 1.807) is 0 Å². The normalized spacial score (nSPS) is 20.9. The largest absolute Gasteiger partial charge is 0.277 e. The smallest absolute Gasteiger partial charge is 0.240 e. The highest BCUT2D eigenvalue weighted by Crippen LogP contribution is 2.43. The molecule has 3 heteroatoms. The zero-order valence-electron chi connectivity index (χ0n) is 14.5. The summed E-state index contributed by atoms with van der Waals surface area (Å²) in [6.45, 7) is 6.42. The Hall–Kier alpha value is -2.42.